The van der Waals surface area contributed by atoms with Gasteiger partial charge in [-0.3, -0.25) is 4.79 Å². The minimum Gasteiger partial charge on any atom is -0.478 e. The van der Waals surface area contributed by atoms with Gasteiger partial charge in [0, 0.05) is 44.0 Å². The molecule has 2 aromatic heterocycles. The molecule has 0 saturated heterocycles. The fourth-order valence-corrected chi connectivity index (χ4v) is 8.81. The fraction of sp³-hybridized carbons (Fsp3) is 0. The molecule has 51 heavy (non-hydrogen) atoms. The number of carbonyl (C=O) groups is 2. The van der Waals surface area contributed by atoms with Crippen LogP contribution in [0.3, 0.4) is 0 Å². The van der Waals surface area contributed by atoms with Gasteiger partial charge in [-0.1, -0.05) is 78.9 Å². The molecule has 0 atom stereocenters. The minimum absolute atomic E-state index is 0.0603. The SMILES string of the molecule is O=COc1ccc(-c2ccc3c(c2)c2cccc4c2n3-c2cccc3c2B4c2cccc4c5cc(-c6ccc(C(=O)O)cc6)ccc5n-3c24)cc1. The maximum absolute atomic E-state index is 11.5. The minimum atomic E-state index is -0.926. The van der Waals surface area contributed by atoms with Crippen molar-refractivity contribution >= 4 is 79.2 Å². The first-order chi connectivity index (χ1) is 25.1. The number of para-hydroxylation sites is 2. The van der Waals surface area contributed by atoms with Gasteiger partial charge in [0.15, 0.2) is 0 Å². The van der Waals surface area contributed by atoms with Crippen molar-refractivity contribution in [3.63, 3.8) is 0 Å². The summed E-state index contributed by atoms with van der Waals surface area (Å²) in [5.74, 6) is -0.405. The third kappa shape index (κ3) is 3.72. The summed E-state index contributed by atoms with van der Waals surface area (Å²) in [5.41, 5.74) is 15.5. The lowest BCUT2D eigenvalue weighted by atomic mass is 9.34. The Morgan fingerprint density at radius 2 is 1.06 bits per heavy atom. The maximum atomic E-state index is 11.5. The molecule has 0 bridgehead atoms. The molecule has 7 aromatic carbocycles. The molecule has 9 aromatic rings. The number of aromatic nitrogens is 2. The van der Waals surface area contributed by atoms with E-state index >= 15 is 0 Å². The van der Waals surface area contributed by atoms with Gasteiger partial charge in [-0.05, 0) is 99.3 Å². The molecule has 7 heteroatoms. The molecular formula is C44H25BN2O4. The van der Waals surface area contributed by atoms with E-state index in [9.17, 15) is 14.7 Å². The highest BCUT2D eigenvalue weighted by atomic mass is 16.5. The predicted molar refractivity (Wildman–Crippen MR) is 204 cm³/mol. The van der Waals surface area contributed by atoms with E-state index in [4.69, 9.17) is 4.74 Å². The van der Waals surface area contributed by atoms with Gasteiger partial charge >= 0.3 is 5.97 Å². The first kappa shape index (κ1) is 28.0. The molecule has 0 amide bonds. The molecule has 6 nitrogen and oxygen atoms in total. The zero-order valence-corrected chi connectivity index (χ0v) is 27.0. The number of nitrogens with zero attached hydrogens (tertiary/aromatic N) is 2. The Morgan fingerprint density at radius 1 is 0.569 bits per heavy atom. The van der Waals surface area contributed by atoms with Crippen molar-refractivity contribution in [3.05, 3.63) is 145 Å². The second-order valence-electron chi connectivity index (χ2n) is 13.4. The van der Waals surface area contributed by atoms with E-state index in [1.54, 1.807) is 12.1 Å². The number of carboxylic acid groups (broad SMARTS) is 1. The summed E-state index contributed by atoms with van der Waals surface area (Å²) in [7, 11) is 0. The molecule has 2 aliphatic rings. The van der Waals surface area contributed by atoms with E-state index < -0.39 is 5.97 Å². The van der Waals surface area contributed by atoms with Gasteiger partial charge < -0.3 is 19.0 Å². The number of hydrogen-bond donors (Lipinski definition) is 1. The molecule has 0 fully saturated rings. The summed E-state index contributed by atoms with van der Waals surface area (Å²) in [6, 6.07) is 48.1. The summed E-state index contributed by atoms with van der Waals surface area (Å²) in [6.07, 6.45) is 0. The standard InChI is InChI=1S/C44H25BN2O4/c48-24-51-30-18-14-26(15-19-30)29-17-21-38-34(23-29)32-5-2-7-36-43(32)47(38)40-9-3-8-39-41(40)45(36)35-6-1-4-31-33-22-28(16-20-37(33)46(39)42(31)35)25-10-12-27(13-11-25)44(49)50/h1-24H,(H,49,50). The van der Waals surface area contributed by atoms with Gasteiger partial charge in [0.1, 0.15) is 5.75 Å². The molecule has 0 aliphatic carbocycles. The smallest absolute Gasteiger partial charge is 0.335 e. The van der Waals surface area contributed by atoms with Crippen molar-refractivity contribution in [2.24, 2.45) is 0 Å². The first-order valence-electron chi connectivity index (χ1n) is 16.9. The van der Waals surface area contributed by atoms with Gasteiger partial charge in [0.05, 0.1) is 16.6 Å². The predicted octanol–water partition coefficient (Wildman–Crippen LogP) is 7.59. The van der Waals surface area contributed by atoms with Crippen LogP contribution in [0.5, 0.6) is 5.75 Å². The molecule has 0 spiro atoms. The van der Waals surface area contributed by atoms with Crippen molar-refractivity contribution in [1.29, 1.82) is 0 Å². The van der Waals surface area contributed by atoms with Crippen molar-refractivity contribution in [2.75, 3.05) is 0 Å². The summed E-state index contributed by atoms with van der Waals surface area (Å²) >= 11 is 0. The highest BCUT2D eigenvalue weighted by Crippen LogP contribution is 2.40. The molecule has 0 radical (unpaired) electrons. The second kappa shape index (κ2) is 10.1. The second-order valence-corrected chi connectivity index (χ2v) is 13.4. The molecular weight excluding hydrogens is 631 g/mol. The van der Waals surface area contributed by atoms with Crippen LogP contribution in [0.1, 0.15) is 10.4 Å². The average molecular weight is 657 g/mol. The number of ether oxygens (including phenoxy) is 1. The van der Waals surface area contributed by atoms with Crippen LogP contribution in [0, 0.1) is 0 Å². The molecule has 238 valence electrons. The Kier molecular flexibility index (Phi) is 5.55. The van der Waals surface area contributed by atoms with Crippen LogP contribution in [0.25, 0.3) is 77.2 Å². The topological polar surface area (TPSA) is 73.5 Å². The van der Waals surface area contributed by atoms with Gasteiger partial charge in [0.2, 0.25) is 0 Å². The number of carbonyl (C=O) groups excluding carboxylic acids is 1. The Balaban J connectivity index is 1.15. The molecule has 1 N–H and O–H groups in total. The Hall–Kier alpha value is -6.86. The largest absolute Gasteiger partial charge is 0.478 e. The van der Waals surface area contributed by atoms with Crippen LogP contribution in [-0.4, -0.2) is 33.4 Å². The Bertz CT molecular complexity index is 2990. The average Bonchev–Trinajstić information content (AvgIpc) is 3.69. The Morgan fingerprint density at radius 3 is 1.57 bits per heavy atom. The number of rotatable bonds is 5. The number of carboxylic acids is 1. The van der Waals surface area contributed by atoms with Crippen molar-refractivity contribution in [3.8, 4) is 39.4 Å². The highest BCUT2D eigenvalue weighted by Gasteiger charge is 2.40. The molecule has 4 heterocycles. The van der Waals surface area contributed by atoms with E-state index in [-0.39, 0.29) is 12.3 Å². The first-order valence-corrected chi connectivity index (χ1v) is 16.9. The number of hydrogen-bond acceptors (Lipinski definition) is 3. The van der Waals surface area contributed by atoms with Crippen molar-refractivity contribution in [1.82, 2.24) is 9.13 Å². The lowest BCUT2D eigenvalue weighted by molar-refractivity contribution is -0.120. The molecule has 2 aliphatic heterocycles. The fourth-order valence-electron chi connectivity index (χ4n) is 8.81. The number of fused-ring (bicyclic) bond motifs is 10. The van der Waals surface area contributed by atoms with Crippen LogP contribution in [0.15, 0.2) is 140 Å². The van der Waals surface area contributed by atoms with E-state index in [1.807, 2.05) is 36.4 Å². The summed E-state index contributed by atoms with van der Waals surface area (Å²) in [5, 5.41) is 14.2. The van der Waals surface area contributed by atoms with Crippen LogP contribution in [0.4, 0.5) is 0 Å². The highest BCUT2D eigenvalue weighted by molar-refractivity contribution is 7.00. The van der Waals surface area contributed by atoms with Gasteiger partial charge in [-0.2, -0.15) is 0 Å². The molecule has 0 unspecified atom stereocenters. The van der Waals surface area contributed by atoms with E-state index in [2.05, 4.69) is 100 Å². The van der Waals surface area contributed by atoms with Gasteiger partial charge in [-0.15, -0.1) is 0 Å². The van der Waals surface area contributed by atoms with Crippen LogP contribution in [0.2, 0.25) is 0 Å². The quantitative estimate of drug-likeness (QED) is 0.153. The normalized spacial score (nSPS) is 12.5. The maximum Gasteiger partial charge on any atom is 0.335 e. The lowest BCUT2D eigenvalue weighted by Crippen LogP contribution is -2.59. The molecule has 0 saturated carbocycles. The zero-order valence-electron chi connectivity index (χ0n) is 27.0. The van der Waals surface area contributed by atoms with Crippen molar-refractivity contribution < 1.29 is 19.4 Å². The summed E-state index contributed by atoms with van der Waals surface area (Å²) in [6.45, 7) is 0.510. The zero-order chi connectivity index (χ0) is 34.0. The van der Waals surface area contributed by atoms with E-state index in [1.165, 1.54) is 60.3 Å². The monoisotopic (exact) mass is 656 g/mol. The van der Waals surface area contributed by atoms with E-state index in [0.717, 1.165) is 33.3 Å². The third-order valence-electron chi connectivity index (χ3n) is 10.9. The van der Waals surface area contributed by atoms with Crippen molar-refractivity contribution in [2.45, 2.75) is 0 Å². The van der Waals surface area contributed by atoms with Crippen LogP contribution >= 0.6 is 0 Å². The molecule has 11 rings (SSSR count). The number of aromatic carboxylic acids is 1. The third-order valence-corrected chi connectivity index (χ3v) is 10.9. The Labute approximate surface area is 291 Å². The lowest BCUT2D eigenvalue weighted by Gasteiger charge is -2.33. The summed E-state index contributed by atoms with van der Waals surface area (Å²) < 4.78 is 9.92. The number of benzene rings is 7. The van der Waals surface area contributed by atoms with Gasteiger partial charge in [0.25, 0.3) is 13.2 Å². The van der Waals surface area contributed by atoms with Gasteiger partial charge in [-0.25, -0.2) is 4.79 Å². The van der Waals surface area contributed by atoms with E-state index in [0.29, 0.717) is 12.2 Å². The summed E-state index contributed by atoms with van der Waals surface area (Å²) in [4.78, 5) is 22.3. The van der Waals surface area contributed by atoms with Crippen LogP contribution < -0.4 is 21.1 Å². The van der Waals surface area contributed by atoms with Crippen LogP contribution in [-0.2, 0) is 4.79 Å².